The van der Waals surface area contributed by atoms with E-state index < -0.39 is 8.32 Å². The van der Waals surface area contributed by atoms with Crippen LogP contribution in [0.5, 0.6) is 0 Å². The lowest BCUT2D eigenvalue weighted by molar-refractivity contribution is 0.0969. The van der Waals surface area contributed by atoms with Gasteiger partial charge in [-0.2, -0.15) is 0 Å². The first-order valence-corrected chi connectivity index (χ1v) is 10.8. The van der Waals surface area contributed by atoms with Gasteiger partial charge in [0.15, 0.2) is 8.32 Å². The zero-order valence-corrected chi connectivity index (χ0v) is 14.8. The minimum absolute atomic E-state index is 0.248. The van der Waals surface area contributed by atoms with E-state index in [9.17, 15) is 0 Å². The van der Waals surface area contributed by atoms with Crippen molar-refractivity contribution in [2.24, 2.45) is 5.41 Å². The third-order valence-electron chi connectivity index (χ3n) is 2.67. The van der Waals surface area contributed by atoms with Gasteiger partial charge in [0, 0.05) is 0 Å². The molecule has 0 rings (SSSR count). The van der Waals surface area contributed by atoms with E-state index in [1.165, 1.54) is 19.3 Å². The van der Waals surface area contributed by atoms with Gasteiger partial charge in [-0.15, -0.1) is 0 Å². The van der Waals surface area contributed by atoms with Crippen LogP contribution < -0.4 is 0 Å². The zero-order valence-electron chi connectivity index (χ0n) is 11.6. The molecule has 96 valence electrons. The van der Waals surface area contributed by atoms with Crippen LogP contribution in [0.2, 0.25) is 19.6 Å². The summed E-state index contributed by atoms with van der Waals surface area (Å²) in [5.41, 5.74) is 0.248. The standard InChI is InChI=1S/C13H27IOSi/c1-7-8-10-13(2,3)12(9-11-14)15-16(4,5)6/h9,11-12H,7-8,10H2,1-6H3/b11-9+/t12-/m1/s1. The third-order valence-corrected chi connectivity index (χ3v) is 4.05. The van der Waals surface area contributed by atoms with E-state index >= 15 is 0 Å². The van der Waals surface area contributed by atoms with Gasteiger partial charge in [0.1, 0.15) is 0 Å². The van der Waals surface area contributed by atoms with Crippen molar-refractivity contribution in [1.29, 1.82) is 0 Å². The molecule has 0 amide bonds. The van der Waals surface area contributed by atoms with Crippen LogP contribution in [-0.4, -0.2) is 14.4 Å². The van der Waals surface area contributed by atoms with Gasteiger partial charge < -0.3 is 4.43 Å². The summed E-state index contributed by atoms with van der Waals surface area (Å²) in [7, 11) is -1.46. The quantitative estimate of drug-likeness (QED) is 0.441. The summed E-state index contributed by atoms with van der Waals surface area (Å²) in [6.07, 6.45) is 6.27. The number of hydrogen-bond acceptors (Lipinski definition) is 1. The summed E-state index contributed by atoms with van der Waals surface area (Å²) < 4.78 is 8.38. The Hall–Kier alpha value is 0.647. The highest BCUT2D eigenvalue weighted by atomic mass is 127. The molecule has 16 heavy (non-hydrogen) atoms. The Labute approximate surface area is 116 Å². The van der Waals surface area contributed by atoms with E-state index in [4.69, 9.17) is 4.43 Å². The number of rotatable bonds is 7. The maximum absolute atomic E-state index is 6.29. The van der Waals surface area contributed by atoms with Crippen LogP contribution in [0.4, 0.5) is 0 Å². The summed E-state index contributed by atoms with van der Waals surface area (Å²) in [6.45, 7) is 13.7. The van der Waals surface area contributed by atoms with E-state index in [0.717, 1.165) is 0 Å². The molecule has 0 bridgehead atoms. The van der Waals surface area contributed by atoms with Crippen molar-refractivity contribution in [2.45, 2.75) is 65.8 Å². The highest BCUT2D eigenvalue weighted by Crippen LogP contribution is 2.32. The molecule has 1 nitrogen and oxygen atoms in total. The molecule has 0 aromatic heterocycles. The molecule has 0 radical (unpaired) electrons. The van der Waals surface area contributed by atoms with E-state index in [0.29, 0.717) is 0 Å². The van der Waals surface area contributed by atoms with E-state index in [-0.39, 0.29) is 11.5 Å². The largest absolute Gasteiger partial charge is 0.411 e. The Balaban J connectivity index is 4.62. The van der Waals surface area contributed by atoms with Crippen molar-refractivity contribution < 1.29 is 4.43 Å². The maximum Gasteiger partial charge on any atom is 0.184 e. The Kier molecular flexibility index (Phi) is 7.45. The van der Waals surface area contributed by atoms with Crippen molar-refractivity contribution in [3.05, 3.63) is 10.2 Å². The first-order chi connectivity index (χ1) is 7.23. The van der Waals surface area contributed by atoms with E-state index in [1.54, 1.807) is 0 Å². The number of halogens is 1. The minimum atomic E-state index is -1.46. The molecular formula is C13H27IOSi. The molecule has 0 saturated carbocycles. The molecule has 0 aliphatic heterocycles. The molecule has 0 fully saturated rings. The monoisotopic (exact) mass is 354 g/mol. The van der Waals surface area contributed by atoms with Gasteiger partial charge in [0.05, 0.1) is 6.10 Å². The van der Waals surface area contributed by atoms with Crippen LogP contribution in [0.25, 0.3) is 0 Å². The summed E-state index contributed by atoms with van der Waals surface area (Å²) in [5.74, 6) is 0. The molecule has 0 unspecified atom stereocenters. The normalized spacial score (nSPS) is 15.7. The van der Waals surface area contributed by atoms with E-state index in [1.807, 2.05) is 0 Å². The number of hydrogen-bond donors (Lipinski definition) is 0. The third kappa shape index (κ3) is 7.07. The fourth-order valence-corrected chi connectivity index (χ4v) is 3.22. The zero-order chi connectivity index (χ0) is 12.8. The Bertz CT molecular complexity index is 218. The molecule has 0 aliphatic rings. The van der Waals surface area contributed by atoms with Crippen LogP contribution in [0, 0.1) is 5.41 Å². The first kappa shape index (κ1) is 16.6. The molecular weight excluding hydrogens is 327 g/mol. The molecule has 1 atom stereocenters. The molecule has 0 N–H and O–H groups in total. The predicted molar refractivity (Wildman–Crippen MR) is 84.7 cm³/mol. The summed E-state index contributed by atoms with van der Waals surface area (Å²) in [4.78, 5) is 0. The van der Waals surface area contributed by atoms with Gasteiger partial charge in [-0.1, -0.05) is 62.3 Å². The van der Waals surface area contributed by atoms with Gasteiger partial charge in [-0.05, 0) is 35.6 Å². The second kappa shape index (κ2) is 7.16. The fourth-order valence-electron chi connectivity index (χ4n) is 1.68. The van der Waals surface area contributed by atoms with Gasteiger partial charge in [-0.3, -0.25) is 0 Å². The van der Waals surface area contributed by atoms with Crippen LogP contribution in [-0.2, 0) is 4.43 Å². The van der Waals surface area contributed by atoms with Crippen LogP contribution >= 0.6 is 22.6 Å². The van der Waals surface area contributed by atoms with Gasteiger partial charge in [-0.25, -0.2) is 0 Å². The average molecular weight is 354 g/mol. The first-order valence-electron chi connectivity index (χ1n) is 6.17. The Morgan fingerprint density at radius 2 is 1.88 bits per heavy atom. The molecule has 0 heterocycles. The van der Waals surface area contributed by atoms with Gasteiger partial charge in [0.2, 0.25) is 0 Å². The highest BCUT2D eigenvalue weighted by Gasteiger charge is 2.31. The lowest BCUT2D eigenvalue weighted by Gasteiger charge is -2.36. The van der Waals surface area contributed by atoms with Crippen molar-refractivity contribution in [2.75, 3.05) is 0 Å². The molecule has 0 aliphatic carbocycles. The Morgan fingerprint density at radius 3 is 2.25 bits per heavy atom. The van der Waals surface area contributed by atoms with Crippen LogP contribution in [0.15, 0.2) is 10.2 Å². The summed E-state index contributed by atoms with van der Waals surface area (Å²) in [5, 5.41) is 0. The predicted octanol–water partition coefficient (Wildman–Crippen LogP) is 5.37. The van der Waals surface area contributed by atoms with E-state index in [2.05, 4.69) is 73.2 Å². The lowest BCUT2D eigenvalue weighted by Crippen LogP contribution is -2.39. The van der Waals surface area contributed by atoms with Crippen molar-refractivity contribution in [3.8, 4) is 0 Å². The lowest BCUT2D eigenvalue weighted by atomic mass is 9.81. The van der Waals surface area contributed by atoms with Crippen molar-refractivity contribution in [1.82, 2.24) is 0 Å². The molecule has 0 aromatic carbocycles. The second-order valence-electron chi connectivity index (χ2n) is 6.06. The highest BCUT2D eigenvalue weighted by molar-refractivity contribution is 14.1. The SMILES string of the molecule is CCCCC(C)(C)[C@@H](/C=C/I)O[Si](C)(C)C. The van der Waals surface area contributed by atoms with Crippen molar-refractivity contribution in [3.63, 3.8) is 0 Å². The van der Waals surface area contributed by atoms with Crippen molar-refractivity contribution >= 4 is 30.9 Å². The molecule has 0 aromatic rings. The fraction of sp³-hybridized carbons (Fsp3) is 0.846. The molecule has 3 heteroatoms. The minimum Gasteiger partial charge on any atom is -0.411 e. The van der Waals surface area contributed by atoms with Gasteiger partial charge in [0.25, 0.3) is 0 Å². The second-order valence-corrected chi connectivity index (χ2v) is 11.2. The van der Waals surface area contributed by atoms with Crippen LogP contribution in [0.3, 0.4) is 0 Å². The molecule has 0 spiro atoms. The summed E-state index contributed by atoms with van der Waals surface area (Å²) in [6, 6.07) is 0. The average Bonchev–Trinajstić information content (AvgIpc) is 2.12. The van der Waals surface area contributed by atoms with Gasteiger partial charge >= 0.3 is 0 Å². The Morgan fingerprint density at radius 1 is 1.31 bits per heavy atom. The maximum atomic E-state index is 6.29. The summed E-state index contributed by atoms with van der Waals surface area (Å²) >= 11 is 2.29. The number of unbranched alkanes of at least 4 members (excludes halogenated alkanes) is 1. The van der Waals surface area contributed by atoms with Crippen LogP contribution in [0.1, 0.15) is 40.0 Å². The smallest absolute Gasteiger partial charge is 0.184 e. The molecule has 0 saturated heterocycles. The topological polar surface area (TPSA) is 9.23 Å².